The molecule has 0 aliphatic carbocycles. The van der Waals surface area contributed by atoms with E-state index >= 15 is 0 Å². The van der Waals surface area contributed by atoms with E-state index in [9.17, 15) is 0 Å². The number of hydrogen-bond donors (Lipinski definition) is 1. The maximum atomic E-state index is 5.59. The fourth-order valence-electron chi connectivity index (χ4n) is 2.09. The van der Waals surface area contributed by atoms with E-state index < -0.39 is 0 Å². The predicted molar refractivity (Wildman–Crippen MR) is 72.8 cm³/mol. The molecule has 1 aliphatic rings. The first-order valence-electron chi connectivity index (χ1n) is 6.01. The van der Waals surface area contributed by atoms with Crippen molar-refractivity contribution in [3.8, 4) is 0 Å². The molecule has 3 nitrogen and oxygen atoms in total. The lowest BCUT2D eigenvalue weighted by molar-refractivity contribution is 0.982. The van der Waals surface area contributed by atoms with Crippen LogP contribution in [0, 0.1) is 0 Å². The molecule has 1 heterocycles. The van der Waals surface area contributed by atoms with Gasteiger partial charge in [0, 0.05) is 18.5 Å². The molecule has 2 aromatic rings. The molecule has 0 bridgehead atoms. The summed E-state index contributed by atoms with van der Waals surface area (Å²) in [6.07, 6.45) is 0.811. The Morgan fingerprint density at radius 1 is 0.889 bits per heavy atom. The first kappa shape index (κ1) is 11.0. The Hall–Kier alpha value is -2.13. The Balaban J connectivity index is 1.81. The third-order valence-electron chi connectivity index (χ3n) is 3.12. The van der Waals surface area contributed by atoms with Gasteiger partial charge in [-0.25, -0.2) is 0 Å². The summed E-state index contributed by atoms with van der Waals surface area (Å²) in [5.41, 5.74) is 15.3. The molecular formula is C15H14N3. The van der Waals surface area contributed by atoms with Crippen LogP contribution in [0.2, 0.25) is 0 Å². The smallest absolute Gasteiger partial charge is 0.0948 e. The van der Waals surface area contributed by atoms with Crippen molar-refractivity contribution in [2.75, 3.05) is 0 Å². The van der Waals surface area contributed by atoms with Crippen LogP contribution in [-0.4, -0.2) is 5.71 Å². The Kier molecular flexibility index (Phi) is 2.82. The van der Waals surface area contributed by atoms with Crippen molar-refractivity contribution in [3.63, 3.8) is 0 Å². The molecule has 2 aromatic carbocycles. The summed E-state index contributed by atoms with van der Waals surface area (Å²) in [4.78, 5) is 0. The van der Waals surface area contributed by atoms with Crippen LogP contribution in [0.1, 0.15) is 16.7 Å². The lowest BCUT2D eigenvalue weighted by atomic mass is 10.0. The molecule has 0 saturated carbocycles. The van der Waals surface area contributed by atoms with Crippen LogP contribution in [0.25, 0.3) is 0 Å². The molecular weight excluding hydrogens is 222 g/mol. The minimum absolute atomic E-state index is 0.583. The zero-order valence-electron chi connectivity index (χ0n) is 10.0. The number of nitrogens with two attached hydrogens (primary N) is 1. The molecule has 0 fully saturated rings. The molecule has 2 N–H and O–H groups in total. The number of benzene rings is 2. The summed E-state index contributed by atoms with van der Waals surface area (Å²) >= 11 is 0. The Labute approximate surface area is 106 Å². The second kappa shape index (κ2) is 4.63. The normalized spacial score (nSPS) is 12.8. The van der Waals surface area contributed by atoms with E-state index in [0.29, 0.717) is 6.54 Å². The summed E-state index contributed by atoms with van der Waals surface area (Å²) in [5.74, 6) is 0. The van der Waals surface area contributed by atoms with Crippen molar-refractivity contribution >= 4 is 11.4 Å². The zero-order chi connectivity index (χ0) is 12.4. The van der Waals surface area contributed by atoms with Gasteiger partial charge in [0.2, 0.25) is 0 Å². The predicted octanol–water partition coefficient (Wildman–Crippen LogP) is 2.34. The van der Waals surface area contributed by atoms with Crippen molar-refractivity contribution in [1.82, 2.24) is 5.43 Å². The van der Waals surface area contributed by atoms with Crippen molar-refractivity contribution in [2.24, 2.45) is 10.8 Å². The molecule has 3 heteroatoms. The van der Waals surface area contributed by atoms with Crippen LogP contribution in [0.4, 0.5) is 5.69 Å². The standard InChI is InChI=1S/C15H14N3/c16-10-12-7-5-11(6-8-12)9-15-13-3-1-2-4-14(13)17-18-15/h1-8H,9-10,16H2. The van der Waals surface area contributed by atoms with Gasteiger partial charge >= 0.3 is 0 Å². The van der Waals surface area contributed by atoms with Crippen LogP contribution in [0.5, 0.6) is 0 Å². The Morgan fingerprint density at radius 3 is 2.39 bits per heavy atom. The van der Waals surface area contributed by atoms with E-state index in [1.807, 2.05) is 18.2 Å². The van der Waals surface area contributed by atoms with Crippen LogP contribution < -0.4 is 11.2 Å². The fourth-order valence-corrected chi connectivity index (χ4v) is 2.09. The van der Waals surface area contributed by atoms with Gasteiger partial charge in [-0.2, -0.15) is 10.5 Å². The molecule has 3 rings (SSSR count). The van der Waals surface area contributed by atoms with E-state index in [-0.39, 0.29) is 0 Å². The summed E-state index contributed by atoms with van der Waals surface area (Å²) in [5, 5.41) is 4.26. The highest BCUT2D eigenvalue weighted by atomic mass is 15.3. The van der Waals surface area contributed by atoms with Gasteiger partial charge in [0.05, 0.1) is 11.4 Å². The third-order valence-corrected chi connectivity index (χ3v) is 3.12. The molecule has 1 radical (unpaired) electrons. The Bertz CT molecular complexity index is 585. The molecule has 0 atom stereocenters. The largest absolute Gasteiger partial charge is 0.326 e. The quantitative estimate of drug-likeness (QED) is 0.873. The third kappa shape index (κ3) is 2.00. The van der Waals surface area contributed by atoms with Crippen molar-refractivity contribution < 1.29 is 0 Å². The number of hydrogen-bond acceptors (Lipinski definition) is 2. The molecule has 0 saturated heterocycles. The average molecular weight is 236 g/mol. The van der Waals surface area contributed by atoms with Crippen molar-refractivity contribution in [2.45, 2.75) is 13.0 Å². The van der Waals surface area contributed by atoms with Gasteiger partial charge in [0.25, 0.3) is 0 Å². The first-order chi connectivity index (χ1) is 8.86. The van der Waals surface area contributed by atoms with Crippen molar-refractivity contribution in [1.29, 1.82) is 0 Å². The fraction of sp³-hybridized carbons (Fsp3) is 0.133. The van der Waals surface area contributed by atoms with E-state index in [0.717, 1.165) is 28.9 Å². The highest BCUT2D eigenvalue weighted by Gasteiger charge is 2.16. The maximum absolute atomic E-state index is 5.59. The second-order valence-corrected chi connectivity index (χ2v) is 4.36. The van der Waals surface area contributed by atoms with Gasteiger partial charge in [-0.15, -0.1) is 0 Å². The molecule has 18 heavy (non-hydrogen) atoms. The number of rotatable bonds is 3. The maximum Gasteiger partial charge on any atom is 0.0948 e. The van der Waals surface area contributed by atoms with Gasteiger partial charge in [-0.1, -0.05) is 42.5 Å². The van der Waals surface area contributed by atoms with E-state index in [1.165, 1.54) is 5.56 Å². The molecule has 0 unspecified atom stereocenters. The van der Waals surface area contributed by atoms with Crippen molar-refractivity contribution in [3.05, 3.63) is 65.2 Å². The van der Waals surface area contributed by atoms with Crippen LogP contribution >= 0.6 is 0 Å². The van der Waals surface area contributed by atoms with Crippen LogP contribution in [0.3, 0.4) is 0 Å². The average Bonchev–Trinajstić information content (AvgIpc) is 2.83. The first-order valence-corrected chi connectivity index (χ1v) is 6.01. The molecule has 0 spiro atoms. The number of fused-ring (bicyclic) bond motifs is 1. The molecule has 0 aromatic heterocycles. The minimum atomic E-state index is 0.583. The zero-order valence-corrected chi connectivity index (χ0v) is 10.0. The summed E-state index contributed by atoms with van der Waals surface area (Å²) in [7, 11) is 0. The van der Waals surface area contributed by atoms with Gasteiger partial charge < -0.3 is 5.73 Å². The van der Waals surface area contributed by atoms with Crippen LogP contribution in [-0.2, 0) is 13.0 Å². The lowest BCUT2D eigenvalue weighted by Gasteiger charge is -2.03. The molecule has 1 aliphatic heterocycles. The molecule has 89 valence electrons. The van der Waals surface area contributed by atoms with E-state index in [1.54, 1.807) is 0 Å². The summed E-state index contributed by atoms with van der Waals surface area (Å²) < 4.78 is 0. The Morgan fingerprint density at radius 2 is 1.61 bits per heavy atom. The minimum Gasteiger partial charge on any atom is -0.326 e. The highest BCUT2D eigenvalue weighted by molar-refractivity contribution is 6.07. The van der Waals surface area contributed by atoms with Gasteiger partial charge in [0.15, 0.2) is 0 Å². The summed E-state index contributed by atoms with van der Waals surface area (Å²) in [6.45, 7) is 0.583. The lowest BCUT2D eigenvalue weighted by Crippen LogP contribution is -2.03. The summed E-state index contributed by atoms with van der Waals surface area (Å²) in [6, 6.07) is 16.4. The van der Waals surface area contributed by atoms with Crippen LogP contribution in [0.15, 0.2) is 53.6 Å². The number of nitrogens with zero attached hydrogens (tertiary/aromatic N) is 2. The highest BCUT2D eigenvalue weighted by Crippen LogP contribution is 2.23. The van der Waals surface area contributed by atoms with Gasteiger partial charge in [0.1, 0.15) is 0 Å². The topological polar surface area (TPSA) is 52.5 Å². The van der Waals surface area contributed by atoms with Gasteiger partial charge in [-0.05, 0) is 17.2 Å². The van der Waals surface area contributed by atoms with E-state index in [4.69, 9.17) is 5.73 Å². The second-order valence-electron chi connectivity index (χ2n) is 4.36. The molecule has 0 amide bonds. The van der Waals surface area contributed by atoms with Gasteiger partial charge in [-0.3, -0.25) is 0 Å². The monoisotopic (exact) mass is 236 g/mol. The SMILES string of the molecule is NCc1ccc(CC2=N[N]c3ccccc32)cc1. The van der Waals surface area contributed by atoms with E-state index in [2.05, 4.69) is 40.9 Å².